The second-order valence-electron chi connectivity index (χ2n) is 8.40. The summed E-state index contributed by atoms with van der Waals surface area (Å²) in [5.41, 5.74) is -0.808. The smallest absolute Gasteiger partial charge is 0.367 e. The number of benzene rings is 1. The predicted molar refractivity (Wildman–Crippen MR) is 109 cm³/mol. The summed E-state index contributed by atoms with van der Waals surface area (Å²) in [6, 6.07) is 4.58. The highest BCUT2D eigenvalue weighted by molar-refractivity contribution is 5.78. The first-order valence-electron chi connectivity index (χ1n) is 10.8. The quantitative estimate of drug-likeness (QED) is 0.681. The third kappa shape index (κ3) is 6.57. The minimum absolute atomic E-state index is 0.0197. The Morgan fingerprint density at radius 1 is 1.13 bits per heavy atom. The molecule has 1 aromatic rings. The van der Waals surface area contributed by atoms with E-state index in [1.54, 1.807) is 4.90 Å². The molecule has 1 aliphatic heterocycles. The topological polar surface area (TPSA) is 59.4 Å². The van der Waals surface area contributed by atoms with Crippen LogP contribution in [0.2, 0.25) is 0 Å². The summed E-state index contributed by atoms with van der Waals surface area (Å²) < 4.78 is 53.0. The van der Waals surface area contributed by atoms with Gasteiger partial charge in [0.25, 0.3) is 0 Å². The minimum atomic E-state index is -4.48. The molecule has 1 saturated heterocycles. The number of hydrogen-bond donors (Lipinski definition) is 1. The molecule has 2 aliphatic rings. The normalized spacial score (nSPS) is 22.7. The molecule has 0 atom stereocenters. The number of carbonyl (C=O) groups excluding carboxylic acids is 1. The van der Waals surface area contributed by atoms with Crippen LogP contribution < -0.4 is 10.2 Å². The molecular weight excluding hydrogens is 412 g/mol. The molecule has 170 valence electrons. The number of alkyl halides is 3. The number of anilines is 1. The first-order valence-corrected chi connectivity index (χ1v) is 10.8. The zero-order chi connectivity index (χ0) is 22.4. The fourth-order valence-electron chi connectivity index (χ4n) is 4.45. The molecule has 0 bridgehead atoms. The van der Waals surface area contributed by atoms with Crippen molar-refractivity contribution in [2.45, 2.75) is 50.7 Å². The van der Waals surface area contributed by atoms with E-state index >= 15 is 0 Å². The van der Waals surface area contributed by atoms with Gasteiger partial charge in [-0.3, -0.25) is 9.69 Å². The average Bonchev–Trinajstić information content (AvgIpc) is 2.73. The van der Waals surface area contributed by atoms with E-state index in [0.717, 1.165) is 56.8 Å². The van der Waals surface area contributed by atoms with Crippen molar-refractivity contribution in [1.82, 2.24) is 10.2 Å². The fraction of sp³-hybridized carbons (Fsp3) is 0.636. The number of nitrogens with one attached hydrogen (secondary N) is 1. The zero-order valence-electron chi connectivity index (χ0n) is 17.4. The Labute approximate surface area is 180 Å². The van der Waals surface area contributed by atoms with E-state index in [9.17, 15) is 22.4 Å². The highest BCUT2D eigenvalue weighted by Gasteiger charge is 2.32. The van der Waals surface area contributed by atoms with Crippen LogP contribution in [0.1, 0.15) is 44.1 Å². The number of nitrogens with zero attached hydrogens (tertiary/aromatic N) is 3. The van der Waals surface area contributed by atoms with Gasteiger partial charge in [-0.25, -0.2) is 4.39 Å². The molecule has 2 fully saturated rings. The molecule has 1 aliphatic carbocycles. The molecule has 0 unspecified atom stereocenters. The molecule has 1 heterocycles. The van der Waals surface area contributed by atoms with Gasteiger partial charge in [0.15, 0.2) is 0 Å². The van der Waals surface area contributed by atoms with Crippen molar-refractivity contribution in [2.75, 3.05) is 37.6 Å². The Hall–Kier alpha value is -2.34. The summed E-state index contributed by atoms with van der Waals surface area (Å²) in [4.78, 5) is 15.5. The van der Waals surface area contributed by atoms with Crippen molar-refractivity contribution in [3.8, 4) is 6.07 Å². The Bertz CT molecular complexity index is 792. The van der Waals surface area contributed by atoms with E-state index in [4.69, 9.17) is 5.26 Å². The number of rotatable bonds is 6. The zero-order valence-corrected chi connectivity index (χ0v) is 17.4. The molecule has 1 aromatic carbocycles. The lowest BCUT2D eigenvalue weighted by Gasteiger charge is -2.37. The van der Waals surface area contributed by atoms with E-state index in [1.165, 1.54) is 0 Å². The number of nitriles is 1. The van der Waals surface area contributed by atoms with Gasteiger partial charge in [0.2, 0.25) is 5.91 Å². The van der Waals surface area contributed by atoms with Crippen molar-refractivity contribution in [2.24, 2.45) is 5.92 Å². The molecule has 1 N–H and O–H groups in total. The summed E-state index contributed by atoms with van der Waals surface area (Å²) in [5, 5.41) is 11.5. The third-order valence-electron chi connectivity index (χ3n) is 6.29. The lowest BCUT2D eigenvalue weighted by atomic mass is 9.84. The Kier molecular flexibility index (Phi) is 7.76. The van der Waals surface area contributed by atoms with Crippen molar-refractivity contribution in [3.63, 3.8) is 0 Å². The van der Waals surface area contributed by atoms with Gasteiger partial charge in [0.1, 0.15) is 12.2 Å². The fourth-order valence-corrected chi connectivity index (χ4v) is 4.45. The molecule has 31 heavy (non-hydrogen) atoms. The van der Waals surface area contributed by atoms with Crippen LogP contribution in [0, 0.1) is 23.1 Å². The van der Waals surface area contributed by atoms with Crippen LogP contribution in [-0.2, 0) is 11.0 Å². The van der Waals surface area contributed by atoms with Crippen LogP contribution in [0.25, 0.3) is 0 Å². The molecule has 0 aromatic heterocycles. The Balaban J connectivity index is 1.41. The second kappa shape index (κ2) is 10.3. The van der Waals surface area contributed by atoms with Crippen molar-refractivity contribution in [3.05, 3.63) is 29.6 Å². The highest BCUT2D eigenvalue weighted by atomic mass is 19.4. The number of amides is 1. The Morgan fingerprint density at radius 2 is 1.81 bits per heavy atom. The molecular formula is C22H28F4N4O. The summed E-state index contributed by atoms with van der Waals surface area (Å²) in [6.45, 7) is 3.28. The van der Waals surface area contributed by atoms with E-state index in [1.807, 2.05) is 6.07 Å². The summed E-state index contributed by atoms with van der Waals surface area (Å²) in [7, 11) is 0. The third-order valence-corrected chi connectivity index (χ3v) is 6.29. The summed E-state index contributed by atoms with van der Waals surface area (Å²) >= 11 is 0. The van der Waals surface area contributed by atoms with Gasteiger partial charge in [-0.15, -0.1) is 0 Å². The summed E-state index contributed by atoms with van der Waals surface area (Å²) in [6.07, 6.45) is 0.365. The maximum absolute atomic E-state index is 14.1. The van der Waals surface area contributed by atoms with Gasteiger partial charge in [-0.05, 0) is 62.8 Å². The van der Waals surface area contributed by atoms with E-state index in [-0.39, 0.29) is 24.1 Å². The van der Waals surface area contributed by atoms with Crippen LogP contribution in [-0.4, -0.2) is 49.6 Å². The maximum Gasteiger partial charge on any atom is 0.416 e. The summed E-state index contributed by atoms with van der Waals surface area (Å²) in [5.74, 6) is -0.246. The maximum atomic E-state index is 14.1. The van der Waals surface area contributed by atoms with E-state index < -0.39 is 17.6 Å². The largest absolute Gasteiger partial charge is 0.416 e. The molecule has 5 nitrogen and oxygen atoms in total. The van der Waals surface area contributed by atoms with Crippen molar-refractivity contribution < 1.29 is 22.4 Å². The molecule has 9 heteroatoms. The Morgan fingerprint density at radius 3 is 2.42 bits per heavy atom. The number of piperazine rings is 1. The first-order chi connectivity index (χ1) is 14.8. The van der Waals surface area contributed by atoms with Gasteiger partial charge in [0.05, 0.1) is 17.3 Å². The van der Waals surface area contributed by atoms with E-state index in [0.29, 0.717) is 32.1 Å². The van der Waals surface area contributed by atoms with Crippen LogP contribution in [0.3, 0.4) is 0 Å². The number of carbonyl (C=O) groups is 1. The molecule has 3 rings (SSSR count). The number of halogens is 4. The monoisotopic (exact) mass is 440 g/mol. The van der Waals surface area contributed by atoms with Gasteiger partial charge >= 0.3 is 6.18 Å². The molecule has 0 spiro atoms. The van der Waals surface area contributed by atoms with Crippen LogP contribution in [0.15, 0.2) is 18.2 Å². The standard InChI is InChI=1S/C22H28F4N4O/c23-19-6-3-17(22(24,25)26)15-20(19)30-13-11-29(12-14-30)10-8-16-1-4-18(5-2-16)28-21(31)7-9-27/h3,6,15-16,18H,1-2,4-5,7-8,10-14H2,(H,28,31). The average molecular weight is 440 g/mol. The lowest BCUT2D eigenvalue weighted by Crippen LogP contribution is -2.47. The van der Waals surface area contributed by atoms with Gasteiger partial charge < -0.3 is 10.2 Å². The minimum Gasteiger partial charge on any atom is -0.367 e. The van der Waals surface area contributed by atoms with Crippen LogP contribution >= 0.6 is 0 Å². The predicted octanol–water partition coefficient (Wildman–Crippen LogP) is 3.95. The first kappa shape index (κ1) is 23.3. The van der Waals surface area contributed by atoms with Crippen LogP contribution in [0.4, 0.5) is 23.2 Å². The molecule has 0 radical (unpaired) electrons. The van der Waals surface area contributed by atoms with Gasteiger partial charge in [-0.2, -0.15) is 18.4 Å². The van der Waals surface area contributed by atoms with Crippen molar-refractivity contribution in [1.29, 1.82) is 5.26 Å². The SMILES string of the molecule is N#CCC(=O)NC1CCC(CCN2CCN(c3cc(C(F)(F)F)ccc3F)CC2)CC1. The molecule has 1 amide bonds. The van der Waals surface area contributed by atoms with Crippen molar-refractivity contribution >= 4 is 11.6 Å². The van der Waals surface area contributed by atoms with Crippen LogP contribution in [0.5, 0.6) is 0 Å². The molecule has 1 saturated carbocycles. The van der Waals surface area contributed by atoms with Gasteiger partial charge in [-0.1, -0.05) is 0 Å². The highest BCUT2D eigenvalue weighted by Crippen LogP contribution is 2.33. The second-order valence-corrected chi connectivity index (χ2v) is 8.40. The lowest BCUT2D eigenvalue weighted by molar-refractivity contribution is -0.137. The van der Waals surface area contributed by atoms with Gasteiger partial charge in [0, 0.05) is 32.2 Å². The number of hydrogen-bond acceptors (Lipinski definition) is 4. The van der Waals surface area contributed by atoms with E-state index in [2.05, 4.69) is 10.2 Å².